The quantitative estimate of drug-likeness (QED) is 0.415. The molecule has 1 aliphatic heterocycles. The van der Waals surface area contributed by atoms with E-state index in [1.807, 2.05) is 37.3 Å². The molecule has 1 N–H and O–H groups in total. The third kappa shape index (κ3) is 5.09. The van der Waals surface area contributed by atoms with Gasteiger partial charge >= 0.3 is 0 Å². The van der Waals surface area contributed by atoms with Crippen LogP contribution in [0.3, 0.4) is 0 Å². The molecule has 0 aliphatic carbocycles. The lowest BCUT2D eigenvalue weighted by atomic mass is 10.2. The molecule has 0 fully saturated rings. The molecule has 31 heavy (non-hydrogen) atoms. The average molecular weight is 464 g/mol. The number of halogens is 3. The van der Waals surface area contributed by atoms with Crippen molar-refractivity contribution < 1.29 is 23.3 Å². The molecule has 1 aliphatic rings. The summed E-state index contributed by atoms with van der Waals surface area (Å²) in [4.78, 5) is 0. The number of ether oxygens (including phenoxy) is 4. The lowest BCUT2D eigenvalue weighted by molar-refractivity contribution is 0.174. The summed E-state index contributed by atoms with van der Waals surface area (Å²) >= 11 is 12.6. The van der Waals surface area contributed by atoms with Gasteiger partial charge in [0, 0.05) is 23.9 Å². The number of benzene rings is 3. The zero-order chi connectivity index (χ0) is 21.8. The number of fused-ring (bicyclic) bond motifs is 1. The van der Waals surface area contributed by atoms with Gasteiger partial charge in [0.05, 0.1) is 16.7 Å². The SMILES string of the molecule is CCOc1cc(CNc2ccc3c(c2)OCO3)cc(Cl)c1OCc1ccc(F)cc1Cl. The number of hydrogen-bond acceptors (Lipinski definition) is 5. The van der Waals surface area contributed by atoms with Crippen LogP contribution in [0, 0.1) is 5.82 Å². The second-order valence-electron chi connectivity index (χ2n) is 6.78. The summed E-state index contributed by atoms with van der Waals surface area (Å²) < 4.78 is 35.6. The van der Waals surface area contributed by atoms with Crippen LogP contribution >= 0.6 is 23.2 Å². The second-order valence-corrected chi connectivity index (χ2v) is 7.60. The van der Waals surface area contributed by atoms with Crippen LogP contribution in [0.4, 0.5) is 10.1 Å². The van der Waals surface area contributed by atoms with Crippen LogP contribution in [0.5, 0.6) is 23.0 Å². The Morgan fingerprint density at radius 1 is 0.968 bits per heavy atom. The normalized spacial score (nSPS) is 12.0. The van der Waals surface area contributed by atoms with E-state index in [2.05, 4.69) is 5.32 Å². The molecule has 0 spiro atoms. The number of anilines is 1. The van der Waals surface area contributed by atoms with Crippen molar-refractivity contribution in [1.29, 1.82) is 0 Å². The van der Waals surface area contributed by atoms with Crippen molar-refractivity contribution in [3.63, 3.8) is 0 Å². The Morgan fingerprint density at radius 2 is 1.81 bits per heavy atom. The van der Waals surface area contributed by atoms with Crippen LogP contribution < -0.4 is 24.3 Å². The Hall–Kier alpha value is -2.83. The summed E-state index contributed by atoms with van der Waals surface area (Å²) in [6.07, 6.45) is 0. The van der Waals surface area contributed by atoms with Crippen molar-refractivity contribution >= 4 is 28.9 Å². The van der Waals surface area contributed by atoms with E-state index in [1.165, 1.54) is 12.1 Å². The van der Waals surface area contributed by atoms with Crippen molar-refractivity contribution in [1.82, 2.24) is 0 Å². The lowest BCUT2D eigenvalue weighted by Crippen LogP contribution is -2.04. The van der Waals surface area contributed by atoms with Crippen molar-refractivity contribution in [2.45, 2.75) is 20.1 Å². The van der Waals surface area contributed by atoms with Crippen LogP contribution in [0.15, 0.2) is 48.5 Å². The van der Waals surface area contributed by atoms with Gasteiger partial charge in [-0.3, -0.25) is 0 Å². The van der Waals surface area contributed by atoms with Crippen molar-refractivity contribution in [2.75, 3.05) is 18.7 Å². The first-order valence-electron chi connectivity index (χ1n) is 9.69. The van der Waals surface area contributed by atoms with E-state index < -0.39 is 5.82 Å². The smallest absolute Gasteiger partial charge is 0.231 e. The molecule has 0 unspecified atom stereocenters. The molecule has 0 atom stereocenters. The molecule has 0 saturated carbocycles. The molecule has 0 amide bonds. The number of rotatable bonds is 8. The highest BCUT2D eigenvalue weighted by Gasteiger charge is 2.15. The van der Waals surface area contributed by atoms with E-state index in [-0.39, 0.29) is 13.4 Å². The number of nitrogens with one attached hydrogen (secondary N) is 1. The monoisotopic (exact) mass is 463 g/mol. The summed E-state index contributed by atoms with van der Waals surface area (Å²) in [6.45, 7) is 3.21. The van der Waals surface area contributed by atoms with E-state index in [1.54, 1.807) is 6.07 Å². The Bertz CT molecular complexity index is 1090. The van der Waals surface area contributed by atoms with Crippen LogP contribution in [0.25, 0.3) is 0 Å². The van der Waals surface area contributed by atoms with Crippen LogP contribution in [-0.2, 0) is 13.2 Å². The average Bonchev–Trinajstić information content (AvgIpc) is 3.21. The fraction of sp³-hybridized carbons (Fsp3) is 0.217. The van der Waals surface area contributed by atoms with Gasteiger partial charge in [0.25, 0.3) is 0 Å². The van der Waals surface area contributed by atoms with Gasteiger partial charge in [0.2, 0.25) is 6.79 Å². The minimum atomic E-state index is -0.402. The van der Waals surface area contributed by atoms with Gasteiger partial charge in [-0.15, -0.1) is 0 Å². The maximum Gasteiger partial charge on any atom is 0.231 e. The molecule has 0 bridgehead atoms. The minimum absolute atomic E-state index is 0.133. The third-order valence-corrected chi connectivity index (χ3v) is 5.26. The fourth-order valence-electron chi connectivity index (χ4n) is 3.13. The van der Waals surface area contributed by atoms with E-state index in [0.717, 1.165) is 17.0 Å². The van der Waals surface area contributed by atoms with Crippen molar-refractivity contribution in [3.8, 4) is 23.0 Å². The first kappa shape index (κ1) is 21.4. The highest BCUT2D eigenvalue weighted by molar-refractivity contribution is 6.32. The van der Waals surface area contributed by atoms with E-state index in [0.29, 0.717) is 46.0 Å². The molecule has 8 heteroatoms. The molecular formula is C23H20Cl2FNO4. The van der Waals surface area contributed by atoms with Gasteiger partial charge in [-0.25, -0.2) is 4.39 Å². The molecule has 3 aromatic carbocycles. The predicted molar refractivity (Wildman–Crippen MR) is 118 cm³/mol. The summed E-state index contributed by atoms with van der Waals surface area (Å²) in [7, 11) is 0. The zero-order valence-corrected chi connectivity index (χ0v) is 18.2. The standard InChI is InChI=1S/C23H20Cl2FNO4/c1-2-28-22-8-14(11-27-17-5-6-20-21(10-17)31-13-30-20)7-19(25)23(22)29-12-15-3-4-16(26)9-18(15)24/h3-10,27H,2,11-13H2,1H3. The molecule has 4 rings (SSSR count). The molecule has 5 nitrogen and oxygen atoms in total. The van der Waals surface area contributed by atoms with E-state index >= 15 is 0 Å². The van der Waals surface area contributed by atoms with Gasteiger partial charge in [-0.05, 0) is 48.9 Å². The Morgan fingerprint density at radius 3 is 2.61 bits per heavy atom. The molecule has 1 heterocycles. The van der Waals surface area contributed by atoms with Crippen LogP contribution in [0.2, 0.25) is 10.0 Å². The van der Waals surface area contributed by atoms with Crippen LogP contribution in [-0.4, -0.2) is 13.4 Å². The zero-order valence-electron chi connectivity index (χ0n) is 16.7. The first-order valence-corrected chi connectivity index (χ1v) is 10.4. The molecule has 3 aromatic rings. The summed E-state index contributed by atoms with van der Waals surface area (Å²) in [5.74, 6) is 1.98. The number of hydrogen-bond donors (Lipinski definition) is 1. The maximum absolute atomic E-state index is 13.3. The van der Waals surface area contributed by atoms with Gasteiger partial charge < -0.3 is 24.3 Å². The van der Waals surface area contributed by atoms with Gasteiger partial charge in [-0.1, -0.05) is 29.3 Å². The lowest BCUT2D eigenvalue weighted by Gasteiger charge is -2.16. The Kier molecular flexibility index (Phi) is 6.59. The van der Waals surface area contributed by atoms with E-state index in [9.17, 15) is 4.39 Å². The molecule has 0 radical (unpaired) electrons. The summed E-state index contributed by atoms with van der Waals surface area (Å²) in [6, 6.07) is 13.5. The Balaban J connectivity index is 1.48. The largest absolute Gasteiger partial charge is 0.490 e. The molecule has 0 aromatic heterocycles. The fourth-order valence-corrected chi connectivity index (χ4v) is 3.64. The molecule has 162 valence electrons. The Labute approximate surface area is 189 Å². The van der Waals surface area contributed by atoms with Crippen molar-refractivity contribution in [2.24, 2.45) is 0 Å². The topological polar surface area (TPSA) is 49.0 Å². The predicted octanol–water partition coefficient (Wildman–Crippen LogP) is 6.45. The molecule has 0 saturated heterocycles. The van der Waals surface area contributed by atoms with Gasteiger partial charge in [0.1, 0.15) is 12.4 Å². The molecular weight excluding hydrogens is 444 g/mol. The minimum Gasteiger partial charge on any atom is -0.490 e. The van der Waals surface area contributed by atoms with Crippen molar-refractivity contribution in [3.05, 3.63) is 75.5 Å². The highest BCUT2D eigenvalue weighted by atomic mass is 35.5. The summed E-state index contributed by atoms with van der Waals surface area (Å²) in [5.41, 5.74) is 2.46. The van der Waals surface area contributed by atoms with Gasteiger partial charge in [0.15, 0.2) is 23.0 Å². The maximum atomic E-state index is 13.3. The first-order chi connectivity index (χ1) is 15.0. The van der Waals surface area contributed by atoms with E-state index in [4.69, 9.17) is 42.1 Å². The third-order valence-electron chi connectivity index (χ3n) is 4.63. The van der Waals surface area contributed by atoms with Crippen LogP contribution in [0.1, 0.15) is 18.1 Å². The highest BCUT2D eigenvalue weighted by Crippen LogP contribution is 2.38. The summed E-state index contributed by atoms with van der Waals surface area (Å²) in [5, 5.41) is 4.03. The van der Waals surface area contributed by atoms with Gasteiger partial charge in [-0.2, -0.15) is 0 Å². The second kappa shape index (κ2) is 9.54.